The van der Waals surface area contributed by atoms with Crippen LogP contribution < -0.4 is 15.4 Å². The molecule has 0 aliphatic carbocycles. The fourth-order valence-electron chi connectivity index (χ4n) is 4.40. The molecule has 202 valence electrons. The number of ether oxygens (including phenoxy) is 1. The zero-order valence-electron chi connectivity index (χ0n) is 20.8. The van der Waals surface area contributed by atoms with Crippen molar-refractivity contribution in [3.05, 3.63) is 53.5 Å². The molecule has 3 aromatic heterocycles. The molecular weight excluding hydrogens is 506 g/mol. The fourth-order valence-corrected chi connectivity index (χ4v) is 4.40. The van der Waals surface area contributed by atoms with Crippen LogP contribution in [-0.4, -0.2) is 77.5 Å². The van der Waals surface area contributed by atoms with Crippen molar-refractivity contribution in [2.45, 2.75) is 31.2 Å². The lowest BCUT2D eigenvalue weighted by Gasteiger charge is -2.33. The van der Waals surface area contributed by atoms with E-state index in [0.29, 0.717) is 29.9 Å². The number of rotatable bonds is 7. The molecule has 0 radical (unpaired) electrons. The summed E-state index contributed by atoms with van der Waals surface area (Å²) in [6, 6.07) is 7.23. The SMILES string of the molecule is COc1nc(C(=O)O)ccc1NCC#Cc1cc2c(N[C@@H]3CCN(C)C[C@@H]3F)cccn2c1CC(F)(F)F. The average molecular weight is 534 g/mol. The van der Waals surface area contributed by atoms with Crippen LogP contribution in [0, 0.1) is 11.8 Å². The van der Waals surface area contributed by atoms with Crippen LogP contribution in [0.25, 0.3) is 5.52 Å². The van der Waals surface area contributed by atoms with Crippen LogP contribution in [0.2, 0.25) is 0 Å². The molecule has 1 aliphatic heterocycles. The summed E-state index contributed by atoms with van der Waals surface area (Å²) in [6.07, 6.45) is -4.65. The van der Waals surface area contributed by atoms with Crippen molar-refractivity contribution >= 4 is 22.9 Å². The minimum absolute atomic E-state index is 0.0196. The number of carbonyl (C=O) groups is 1. The van der Waals surface area contributed by atoms with Gasteiger partial charge >= 0.3 is 12.1 Å². The number of carboxylic acid groups (broad SMARTS) is 1. The topological polar surface area (TPSA) is 91.1 Å². The van der Waals surface area contributed by atoms with Crippen molar-refractivity contribution < 1.29 is 32.2 Å². The summed E-state index contributed by atoms with van der Waals surface area (Å²) < 4.78 is 61.6. The van der Waals surface area contributed by atoms with Gasteiger partial charge in [-0.25, -0.2) is 14.2 Å². The highest BCUT2D eigenvalue weighted by Gasteiger charge is 2.32. The van der Waals surface area contributed by atoms with Gasteiger partial charge in [-0.15, -0.1) is 0 Å². The van der Waals surface area contributed by atoms with E-state index >= 15 is 0 Å². The lowest BCUT2D eigenvalue weighted by molar-refractivity contribution is -0.128. The van der Waals surface area contributed by atoms with Crippen molar-refractivity contribution in [3.63, 3.8) is 0 Å². The molecule has 0 saturated carbocycles. The number of nitrogens with one attached hydrogen (secondary N) is 2. The Morgan fingerprint density at radius 2 is 2.08 bits per heavy atom. The molecule has 0 bridgehead atoms. The van der Waals surface area contributed by atoms with Crippen molar-refractivity contribution in [1.82, 2.24) is 14.3 Å². The third-order valence-corrected chi connectivity index (χ3v) is 6.23. The molecule has 3 N–H and O–H groups in total. The third-order valence-electron chi connectivity index (χ3n) is 6.23. The molecule has 38 heavy (non-hydrogen) atoms. The fraction of sp³-hybridized carbons (Fsp3) is 0.385. The zero-order valence-corrected chi connectivity index (χ0v) is 20.8. The van der Waals surface area contributed by atoms with Gasteiger partial charge in [0.25, 0.3) is 0 Å². The number of carboxylic acids is 1. The molecule has 0 aromatic carbocycles. The van der Waals surface area contributed by atoms with Crippen LogP contribution in [0.5, 0.6) is 5.88 Å². The minimum Gasteiger partial charge on any atom is -0.480 e. The summed E-state index contributed by atoms with van der Waals surface area (Å²) in [7, 11) is 3.18. The number of hydrogen-bond acceptors (Lipinski definition) is 6. The molecule has 4 heterocycles. The number of hydrogen-bond donors (Lipinski definition) is 3. The van der Waals surface area contributed by atoms with Crippen molar-refractivity contribution in [2.24, 2.45) is 0 Å². The number of alkyl halides is 4. The second-order valence-corrected chi connectivity index (χ2v) is 9.01. The third kappa shape index (κ3) is 6.28. The van der Waals surface area contributed by atoms with Gasteiger partial charge in [-0.2, -0.15) is 13.2 Å². The van der Waals surface area contributed by atoms with Crippen molar-refractivity contribution in [3.8, 4) is 17.7 Å². The van der Waals surface area contributed by atoms with E-state index in [1.54, 1.807) is 18.2 Å². The Balaban J connectivity index is 1.60. The standard InChI is InChI=1S/C26H27F4N5O3/c1-34-12-9-18(17(27)15-34)32-19-6-4-11-35-22(19)13-16(23(35)14-26(28,29)30)5-3-10-31-20-7-8-21(25(36)37)33-24(20)38-2/h4,6-8,11,13,17-18,31-32H,9-10,12,14-15H2,1-2H3,(H,36,37)/t17-,18+/m0/s1. The first-order chi connectivity index (χ1) is 18.1. The summed E-state index contributed by atoms with van der Waals surface area (Å²) >= 11 is 0. The number of piperidine rings is 1. The molecule has 0 amide bonds. The summed E-state index contributed by atoms with van der Waals surface area (Å²) in [5.74, 6) is 4.46. The molecule has 1 aliphatic rings. The highest BCUT2D eigenvalue weighted by atomic mass is 19.4. The number of aromatic carboxylic acids is 1. The van der Waals surface area contributed by atoms with E-state index in [1.807, 2.05) is 11.9 Å². The normalized spacial score (nSPS) is 18.1. The van der Waals surface area contributed by atoms with Gasteiger partial charge in [0.05, 0.1) is 43.0 Å². The van der Waals surface area contributed by atoms with Crippen molar-refractivity contribution in [2.75, 3.05) is 44.4 Å². The maximum absolute atomic E-state index is 14.6. The number of pyridine rings is 2. The molecule has 2 atom stereocenters. The van der Waals surface area contributed by atoms with E-state index in [-0.39, 0.29) is 35.9 Å². The van der Waals surface area contributed by atoms with Gasteiger partial charge in [-0.3, -0.25) is 0 Å². The van der Waals surface area contributed by atoms with Gasteiger partial charge in [0.2, 0.25) is 5.88 Å². The Bertz CT molecular complexity index is 1380. The first-order valence-electron chi connectivity index (χ1n) is 11.9. The van der Waals surface area contributed by atoms with Crippen LogP contribution in [-0.2, 0) is 6.42 Å². The Hall–Kier alpha value is -3.98. The number of nitrogens with zero attached hydrogens (tertiary/aromatic N) is 3. The van der Waals surface area contributed by atoms with E-state index in [4.69, 9.17) is 9.84 Å². The average Bonchev–Trinajstić information content (AvgIpc) is 3.20. The monoisotopic (exact) mass is 533 g/mol. The molecule has 1 saturated heterocycles. The van der Waals surface area contributed by atoms with Gasteiger partial charge in [-0.1, -0.05) is 11.8 Å². The highest BCUT2D eigenvalue weighted by molar-refractivity contribution is 5.86. The first kappa shape index (κ1) is 27.1. The maximum Gasteiger partial charge on any atom is 0.394 e. The Labute approximate surface area is 216 Å². The lowest BCUT2D eigenvalue weighted by atomic mass is 10.0. The Morgan fingerprint density at radius 1 is 1.29 bits per heavy atom. The van der Waals surface area contributed by atoms with Gasteiger partial charge in [0.1, 0.15) is 6.17 Å². The number of anilines is 2. The van der Waals surface area contributed by atoms with Crippen LogP contribution in [0.3, 0.4) is 0 Å². The first-order valence-corrected chi connectivity index (χ1v) is 11.9. The summed E-state index contributed by atoms with van der Waals surface area (Å²) in [5, 5.41) is 15.2. The quantitative estimate of drug-likeness (QED) is 0.312. The largest absolute Gasteiger partial charge is 0.480 e. The van der Waals surface area contributed by atoms with E-state index in [0.717, 1.165) is 0 Å². The van der Waals surface area contributed by atoms with Crippen LogP contribution in [0.1, 0.15) is 28.2 Å². The maximum atomic E-state index is 14.6. The predicted molar refractivity (Wildman–Crippen MR) is 135 cm³/mol. The molecule has 8 nitrogen and oxygen atoms in total. The minimum atomic E-state index is -4.46. The molecule has 0 unspecified atom stereocenters. The smallest absolute Gasteiger partial charge is 0.394 e. The van der Waals surface area contributed by atoms with E-state index in [1.165, 1.54) is 29.8 Å². The van der Waals surface area contributed by atoms with Crippen molar-refractivity contribution in [1.29, 1.82) is 0 Å². The molecule has 3 aromatic rings. The molecular formula is C26H27F4N5O3. The Morgan fingerprint density at radius 3 is 2.76 bits per heavy atom. The molecule has 1 fully saturated rings. The zero-order chi connectivity index (χ0) is 27.4. The molecule has 0 spiro atoms. The number of halogens is 4. The van der Waals surface area contributed by atoms with E-state index < -0.39 is 30.8 Å². The second-order valence-electron chi connectivity index (χ2n) is 9.01. The second kappa shape index (κ2) is 11.2. The van der Waals surface area contributed by atoms with Crippen LogP contribution in [0.15, 0.2) is 36.5 Å². The van der Waals surface area contributed by atoms with Gasteiger partial charge < -0.3 is 29.8 Å². The number of methoxy groups -OCH3 is 1. The number of likely N-dealkylation sites (tertiary alicyclic amines) is 1. The van der Waals surface area contributed by atoms with Gasteiger partial charge in [-0.05, 0) is 43.8 Å². The molecule has 4 rings (SSSR count). The Kier molecular flexibility index (Phi) is 7.97. The molecule has 12 heteroatoms. The van der Waals surface area contributed by atoms with Crippen LogP contribution in [0.4, 0.5) is 28.9 Å². The van der Waals surface area contributed by atoms with E-state index in [9.17, 15) is 22.4 Å². The highest BCUT2D eigenvalue weighted by Crippen LogP contribution is 2.30. The number of fused-ring (bicyclic) bond motifs is 1. The van der Waals surface area contributed by atoms with E-state index in [2.05, 4.69) is 27.5 Å². The lowest BCUT2D eigenvalue weighted by Crippen LogP contribution is -2.46. The van der Waals surface area contributed by atoms with Crippen LogP contribution >= 0.6 is 0 Å². The van der Waals surface area contributed by atoms with Gasteiger partial charge in [0, 0.05) is 30.5 Å². The van der Waals surface area contributed by atoms with Gasteiger partial charge in [0.15, 0.2) is 5.69 Å². The predicted octanol–water partition coefficient (Wildman–Crippen LogP) is 4.06. The summed E-state index contributed by atoms with van der Waals surface area (Å²) in [6.45, 7) is 1.03. The summed E-state index contributed by atoms with van der Waals surface area (Å²) in [5.41, 5.74) is 1.38. The summed E-state index contributed by atoms with van der Waals surface area (Å²) in [4.78, 5) is 16.9. The number of aromatic nitrogens is 2.